The standard InChI is InChI=1S/C37H35N3O/c38-34(24-30-19-21-33(22-20-30)35-18-10-11-23-39-35)26-37(41)36(25-29-12-4-1-5-13-29)40(27-31-14-6-2-7-15-31)28-32-16-8-3-9-17-32/h1-23,26,36H,24-25,27-28,38H2/t36-/m0/s1. The van der Waals surface area contributed by atoms with E-state index in [2.05, 4.69) is 46.3 Å². The molecule has 5 rings (SSSR count). The fourth-order valence-corrected chi connectivity index (χ4v) is 5.05. The number of hydrogen-bond acceptors (Lipinski definition) is 4. The summed E-state index contributed by atoms with van der Waals surface area (Å²) in [5, 5.41) is 0. The molecule has 4 heteroatoms. The molecular formula is C37H35N3O. The highest BCUT2D eigenvalue weighted by Crippen LogP contribution is 2.20. The lowest BCUT2D eigenvalue weighted by atomic mass is 9.97. The summed E-state index contributed by atoms with van der Waals surface area (Å²) >= 11 is 0. The van der Waals surface area contributed by atoms with Crippen LogP contribution in [0.2, 0.25) is 0 Å². The molecule has 1 atom stereocenters. The van der Waals surface area contributed by atoms with Gasteiger partial charge in [0.05, 0.1) is 11.7 Å². The number of hydrogen-bond donors (Lipinski definition) is 1. The first-order chi connectivity index (χ1) is 20.1. The smallest absolute Gasteiger partial charge is 0.174 e. The lowest BCUT2D eigenvalue weighted by Crippen LogP contribution is -2.41. The van der Waals surface area contributed by atoms with E-state index >= 15 is 0 Å². The second kappa shape index (κ2) is 14.0. The van der Waals surface area contributed by atoms with E-state index < -0.39 is 0 Å². The monoisotopic (exact) mass is 537 g/mol. The number of rotatable bonds is 12. The second-order valence-corrected chi connectivity index (χ2v) is 10.3. The molecule has 1 heterocycles. The van der Waals surface area contributed by atoms with Crippen LogP contribution in [0.1, 0.15) is 22.3 Å². The number of ketones is 1. The van der Waals surface area contributed by atoms with Gasteiger partial charge < -0.3 is 5.73 Å². The number of benzene rings is 4. The SMILES string of the molecule is NC(=CC(=O)[C@H](Cc1ccccc1)N(Cc1ccccc1)Cc1ccccc1)Cc1ccc(-c2ccccn2)cc1. The molecule has 0 spiro atoms. The van der Waals surface area contributed by atoms with Crippen LogP contribution < -0.4 is 5.73 Å². The summed E-state index contributed by atoms with van der Waals surface area (Å²) in [7, 11) is 0. The van der Waals surface area contributed by atoms with Crippen molar-refractivity contribution in [2.75, 3.05) is 0 Å². The van der Waals surface area contributed by atoms with Gasteiger partial charge in [0.2, 0.25) is 0 Å². The van der Waals surface area contributed by atoms with E-state index in [4.69, 9.17) is 5.73 Å². The Bertz CT molecular complexity index is 1490. The van der Waals surface area contributed by atoms with Gasteiger partial charge in [-0.25, -0.2) is 0 Å². The Balaban J connectivity index is 1.39. The van der Waals surface area contributed by atoms with Gasteiger partial charge in [0.25, 0.3) is 0 Å². The fourth-order valence-electron chi connectivity index (χ4n) is 5.05. The number of pyridine rings is 1. The summed E-state index contributed by atoms with van der Waals surface area (Å²) in [5.41, 5.74) is 13.5. The van der Waals surface area contributed by atoms with Gasteiger partial charge in [0, 0.05) is 43.0 Å². The topological polar surface area (TPSA) is 59.2 Å². The van der Waals surface area contributed by atoms with E-state index in [9.17, 15) is 4.79 Å². The molecule has 0 saturated heterocycles. The maximum Gasteiger partial charge on any atom is 0.174 e. The molecule has 0 aliphatic rings. The minimum atomic E-state index is -0.372. The third kappa shape index (κ3) is 8.10. The summed E-state index contributed by atoms with van der Waals surface area (Å²) in [6.45, 7) is 1.31. The van der Waals surface area contributed by atoms with E-state index in [0.717, 1.165) is 22.4 Å². The van der Waals surface area contributed by atoms with Gasteiger partial charge in [-0.05, 0) is 40.8 Å². The van der Waals surface area contributed by atoms with Crippen LogP contribution in [0.3, 0.4) is 0 Å². The molecule has 41 heavy (non-hydrogen) atoms. The first kappa shape index (κ1) is 27.8. The molecular weight excluding hydrogens is 502 g/mol. The molecule has 4 aromatic carbocycles. The first-order valence-corrected chi connectivity index (χ1v) is 14.0. The molecule has 0 radical (unpaired) electrons. The van der Waals surface area contributed by atoms with Gasteiger partial charge in [0.15, 0.2) is 5.78 Å². The van der Waals surface area contributed by atoms with Crippen LogP contribution >= 0.6 is 0 Å². The van der Waals surface area contributed by atoms with Gasteiger partial charge in [-0.1, -0.05) is 121 Å². The van der Waals surface area contributed by atoms with Gasteiger partial charge >= 0.3 is 0 Å². The third-order valence-corrected chi connectivity index (χ3v) is 7.15. The van der Waals surface area contributed by atoms with Crippen LogP contribution in [0.15, 0.2) is 151 Å². The zero-order valence-electron chi connectivity index (χ0n) is 23.1. The first-order valence-electron chi connectivity index (χ1n) is 14.0. The van der Waals surface area contributed by atoms with Crippen LogP contribution in [0.5, 0.6) is 0 Å². The highest BCUT2D eigenvalue weighted by molar-refractivity contribution is 5.95. The van der Waals surface area contributed by atoms with Gasteiger partial charge in [0.1, 0.15) is 0 Å². The fraction of sp³-hybridized carbons (Fsp3) is 0.135. The summed E-state index contributed by atoms with van der Waals surface area (Å²) in [6.07, 6.45) is 4.54. The summed E-state index contributed by atoms with van der Waals surface area (Å²) < 4.78 is 0. The Morgan fingerprint density at radius 3 is 1.73 bits per heavy atom. The van der Waals surface area contributed by atoms with Crippen molar-refractivity contribution in [3.05, 3.63) is 174 Å². The minimum absolute atomic E-state index is 0.0170. The lowest BCUT2D eigenvalue weighted by molar-refractivity contribution is -0.120. The van der Waals surface area contributed by atoms with Gasteiger partial charge in [-0.15, -0.1) is 0 Å². The van der Waals surface area contributed by atoms with Gasteiger partial charge in [-0.3, -0.25) is 14.7 Å². The van der Waals surface area contributed by atoms with Gasteiger partial charge in [-0.2, -0.15) is 0 Å². The number of nitrogens with zero attached hydrogens (tertiary/aromatic N) is 2. The summed E-state index contributed by atoms with van der Waals surface area (Å²) in [4.78, 5) is 20.7. The molecule has 5 aromatic rings. The van der Waals surface area contributed by atoms with Crippen molar-refractivity contribution in [3.8, 4) is 11.3 Å². The van der Waals surface area contributed by atoms with E-state index in [1.54, 1.807) is 12.3 Å². The normalized spacial score (nSPS) is 12.3. The average Bonchev–Trinajstić information content (AvgIpc) is 3.02. The van der Waals surface area contributed by atoms with E-state index in [1.807, 2.05) is 97.1 Å². The molecule has 1 aromatic heterocycles. The predicted octanol–water partition coefficient (Wildman–Crippen LogP) is 7.02. The third-order valence-electron chi connectivity index (χ3n) is 7.15. The molecule has 0 unspecified atom stereocenters. The minimum Gasteiger partial charge on any atom is -0.402 e. The molecule has 0 fully saturated rings. The lowest BCUT2D eigenvalue weighted by Gasteiger charge is -2.31. The summed E-state index contributed by atoms with van der Waals surface area (Å²) in [6, 6.07) is 44.6. The van der Waals surface area contributed by atoms with Crippen molar-refractivity contribution in [1.29, 1.82) is 0 Å². The number of nitrogens with two attached hydrogens (primary N) is 1. The van der Waals surface area contributed by atoms with Crippen molar-refractivity contribution in [3.63, 3.8) is 0 Å². The maximum absolute atomic E-state index is 14.0. The van der Waals surface area contributed by atoms with Crippen molar-refractivity contribution < 1.29 is 4.79 Å². The molecule has 204 valence electrons. The molecule has 0 bridgehead atoms. The summed E-state index contributed by atoms with van der Waals surface area (Å²) in [5.74, 6) is 0.0170. The van der Waals surface area contributed by atoms with Crippen molar-refractivity contribution in [2.24, 2.45) is 5.73 Å². The number of carbonyl (C=O) groups excluding carboxylic acids is 1. The molecule has 0 saturated carbocycles. The van der Waals surface area contributed by atoms with Crippen LogP contribution in [-0.2, 0) is 30.7 Å². The molecule has 0 amide bonds. The Morgan fingerprint density at radius 1 is 0.659 bits per heavy atom. The van der Waals surface area contributed by atoms with Crippen molar-refractivity contribution in [1.82, 2.24) is 9.88 Å². The maximum atomic E-state index is 14.0. The second-order valence-electron chi connectivity index (χ2n) is 10.3. The van der Waals surface area contributed by atoms with Crippen LogP contribution in [0, 0.1) is 0 Å². The number of aromatic nitrogens is 1. The molecule has 0 aliphatic carbocycles. The van der Waals surface area contributed by atoms with Crippen LogP contribution in [-0.4, -0.2) is 21.7 Å². The largest absolute Gasteiger partial charge is 0.402 e. The molecule has 0 aliphatic heterocycles. The predicted molar refractivity (Wildman–Crippen MR) is 167 cm³/mol. The van der Waals surface area contributed by atoms with Crippen molar-refractivity contribution >= 4 is 5.78 Å². The zero-order chi connectivity index (χ0) is 28.3. The molecule has 4 nitrogen and oxygen atoms in total. The number of carbonyl (C=O) groups is 1. The number of allylic oxidation sites excluding steroid dienone is 1. The Kier molecular flexibility index (Phi) is 9.49. The van der Waals surface area contributed by atoms with E-state index in [1.165, 1.54) is 11.1 Å². The zero-order valence-corrected chi connectivity index (χ0v) is 23.1. The van der Waals surface area contributed by atoms with Crippen LogP contribution in [0.4, 0.5) is 0 Å². The molecule has 2 N–H and O–H groups in total. The Hall–Kier alpha value is -4.80. The van der Waals surface area contributed by atoms with E-state index in [0.29, 0.717) is 31.6 Å². The average molecular weight is 538 g/mol. The quantitative estimate of drug-likeness (QED) is 0.174. The Labute approximate surface area is 242 Å². The van der Waals surface area contributed by atoms with Crippen LogP contribution in [0.25, 0.3) is 11.3 Å². The van der Waals surface area contributed by atoms with E-state index in [-0.39, 0.29) is 11.8 Å². The highest BCUT2D eigenvalue weighted by atomic mass is 16.1. The highest BCUT2D eigenvalue weighted by Gasteiger charge is 2.26. The Morgan fingerprint density at radius 2 is 1.20 bits per heavy atom. The van der Waals surface area contributed by atoms with Crippen molar-refractivity contribution in [2.45, 2.75) is 32.0 Å².